The normalized spacial score (nSPS) is 24.3. The third-order valence-corrected chi connectivity index (χ3v) is 6.27. The lowest BCUT2D eigenvalue weighted by atomic mass is 10.1. The zero-order chi connectivity index (χ0) is 14.6. The molecule has 0 radical (unpaired) electrons. The third kappa shape index (κ3) is 3.20. The highest BCUT2D eigenvalue weighted by Gasteiger charge is 2.36. The molecular formula is C15H22FNO2S. The molecule has 1 aliphatic carbocycles. The second kappa shape index (κ2) is 6.68. The Labute approximate surface area is 120 Å². The molecule has 2 atom stereocenters. The number of nitrogens with one attached hydrogen (secondary N) is 1. The maximum Gasteiger partial charge on any atom is 0.185 e. The number of benzene rings is 1. The van der Waals surface area contributed by atoms with E-state index in [1.807, 2.05) is 6.92 Å². The van der Waals surface area contributed by atoms with Gasteiger partial charge in [-0.15, -0.1) is 0 Å². The quantitative estimate of drug-likeness (QED) is 0.870. The molecule has 2 rings (SSSR count). The monoisotopic (exact) mass is 299 g/mol. The molecule has 0 saturated heterocycles. The van der Waals surface area contributed by atoms with Crippen LogP contribution in [-0.2, 0) is 9.84 Å². The van der Waals surface area contributed by atoms with Gasteiger partial charge in [-0.1, -0.05) is 38.3 Å². The Kier molecular flexibility index (Phi) is 5.16. The molecule has 5 heteroatoms. The highest BCUT2D eigenvalue weighted by Crippen LogP contribution is 2.29. The van der Waals surface area contributed by atoms with Crippen LogP contribution in [0, 0.1) is 5.82 Å². The summed E-state index contributed by atoms with van der Waals surface area (Å²) < 4.78 is 39.4. The van der Waals surface area contributed by atoms with E-state index in [9.17, 15) is 12.8 Å². The Bertz CT molecular complexity index is 545. The number of halogens is 1. The summed E-state index contributed by atoms with van der Waals surface area (Å²) in [6.45, 7) is 2.70. The second-order valence-corrected chi connectivity index (χ2v) is 7.45. The highest BCUT2D eigenvalue weighted by atomic mass is 32.2. The lowest BCUT2D eigenvalue weighted by Gasteiger charge is -2.26. The summed E-state index contributed by atoms with van der Waals surface area (Å²) in [5, 5.41) is 2.74. The van der Waals surface area contributed by atoms with Crippen LogP contribution in [0.4, 0.5) is 4.39 Å². The van der Waals surface area contributed by atoms with Gasteiger partial charge in [0.15, 0.2) is 9.84 Å². The molecule has 1 aromatic carbocycles. The van der Waals surface area contributed by atoms with E-state index < -0.39 is 20.9 Å². The number of rotatable bonds is 4. The van der Waals surface area contributed by atoms with Crippen LogP contribution in [0.15, 0.2) is 29.2 Å². The lowest BCUT2D eigenvalue weighted by molar-refractivity contribution is 0.457. The Morgan fingerprint density at radius 1 is 1.20 bits per heavy atom. The fourth-order valence-electron chi connectivity index (χ4n) is 2.98. The van der Waals surface area contributed by atoms with E-state index in [1.165, 1.54) is 18.2 Å². The van der Waals surface area contributed by atoms with Crippen LogP contribution in [0.25, 0.3) is 0 Å². The Morgan fingerprint density at radius 2 is 1.90 bits per heavy atom. The molecule has 0 aromatic heterocycles. The van der Waals surface area contributed by atoms with Crippen molar-refractivity contribution in [2.45, 2.75) is 55.2 Å². The minimum Gasteiger partial charge on any atom is -0.313 e. The van der Waals surface area contributed by atoms with Crippen LogP contribution >= 0.6 is 0 Å². The third-order valence-electron chi connectivity index (χ3n) is 3.96. The summed E-state index contributed by atoms with van der Waals surface area (Å²) in [6, 6.07) is 5.61. The van der Waals surface area contributed by atoms with Gasteiger partial charge in [-0.05, 0) is 31.5 Å². The number of hydrogen-bond acceptors (Lipinski definition) is 3. The zero-order valence-corrected chi connectivity index (χ0v) is 12.6. The summed E-state index contributed by atoms with van der Waals surface area (Å²) in [5.41, 5.74) is 0. The molecule has 0 bridgehead atoms. The van der Waals surface area contributed by atoms with Gasteiger partial charge in [-0.3, -0.25) is 0 Å². The van der Waals surface area contributed by atoms with E-state index in [1.54, 1.807) is 6.07 Å². The predicted octanol–water partition coefficient (Wildman–Crippen LogP) is 2.91. The van der Waals surface area contributed by atoms with Gasteiger partial charge in [-0.25, -0.2) is 12.8 Å². The average Bonchev–Trinajstić information content (AvgIpc) is 2.65. The minimum atomic E-state index is -3.62. The molecule has 20 heavy (non-hydrogen) atoms. The Morgan fingerprint density at radius 3 is 2.60 bits per heavy atom. The molecule has 1 saturated carbocycles. The molecule has 0 spiro atoms. The van der Waals surface area contributed by atoms with E-state index in [2.05, 4.69) is 5.32 Å². The standard InChI is InChI=1S/C15H22FNO2S/c1-2-17-13-9-4-3-5-11-15(13)20(18,19)14-10-7-6-8-12(14)16/h6-8,10,13,15,17H,2-5,9,11H2,1H3. The number of sulfone groups is 1. The molecule has 3 nitrogen and oxygen atoms in total. The van der Waals surface area contributed by atoms with Crippen molar-refractivity contribution in [1.82, 2.24) is 5.32 Å². The van der Waals surface area contributed by atoms with Crippen LogP contribution < -0.4 is 5.32 Å². The molecule has 0 heterocycles. The molecule has 1 aromatic rings. The molecule has 0 amide bonds. The zero-order valence-electron chi connectivity index (χ0n) is 11.8. The van der Waals surface area contributed by atoms with E-state index in [0.717, 1.165) is 32.2 Å². The maximum atomic E-state index is 13.9. The fourth-order valence-corrected chi connectivity index (χ4v) is 5.06. The molecule has 1 aliphatic rings. The van der Waals surface area contributed by atoms with Gasteiger partial charge in [0.25, 0.3) is 0 Å². The van der Waals surface area contributed by atoms with Crippen molar-refractivity contribution in [2.75, 3.05) is 6.54 Å². The molecule has 1 N–H and O–H groups in total. The fraction of sp³-hybridized carbons (Fsp3) is 0.600. The van der Waals surface area contributed by atoms with Crippen molar-refractivity contribution in [1.29, 1.82) is 0 Å². The van der Waals surface area contributed by atoms with Crippen LogP contribution in [-0.4, -0.2) is 26.3 Å². The Hall–Kier alpha value is -0.940. The number of hydrogen-bond donors (Lipinski definition) is 1. The average molecular weight is 299 g/mol. The first-order chi connectivity index (χ1) is 9.57. The summed E-state index contributed by atoms with van der Waals surface area (Å²) in [7, 11) is -3.62. The highest BCUT2D eigenvalue weighted by molar-refractivity contribution is 7.92. The van der Waals surface area contributed by atoms with Crippen molar-refractivity contribution in [3.8, 4) is 0 Å². The summed E-state index contributed by atoms with van der Waals surface area (Å²) in [6.07, 6.45) is 4.41. The van der Waals surface area contributed by atoms with E-state index in [-0.39, 0.29) is 10.9 Å². The topological polar surface area (TPSA) is 46.2 Å². The van der Waals surface area contributed by atoms with Crippen molar-refractivity contribution >= 4 is 9.84 Å². The largest absolute Gasteiger partial charge is 0.313 e. The van der Waals surface area contributed by atoms with Crippen molar-refractivity contribution in [2.24, 2.45) is 0 Å². The predicted molar refractivity (Wildman–Crippen MR) is 77.9 cm³/mol. The van der Waals surface area contributed by atoms with E-state index in [0.29, 0.717) is 6.42 Å². The molecule has 0 aliphatic heterocycles. The molecular weight excluding hydrogens is 277 g/mol. The van der Waals surface area contributed by atoms with Gasteiger partial charge in [0, 0.05) is 6.04 Å². The van der Waals surface area contributed by atoms with Crippen LogP contribution in [0.3, 0.4) is 0 Å². The summed E-state index contributed by atoms with van der Waals surface area (Å²) in [4.78, 5) is -0.158. The van der Waals surface area contributed by atoms with Crippen LogP contribution in [0.5, 0.6) is 0 Å². The first kappa shape index (κ1) is 15.4. The SMILES string of the molecule is CCNC1CCCCCC1S(=O)(=O)c1ccccc1F. The van der Waals surface area contributed by atoms with Gasteiger partial charge in [0.2, 0.25) is 0 Å². The lowest BCUT2D eigenvalue weighted by Crippen LogP contribution is -2.43. The Balaban J connectivity index is 2.37. The first-order valence-corrected chi connectivity index (χ1v) is 8.83. The van der Waals surface area contributed by atoms with Crippen molar-refractivity contribution in [3.63, 3.8) is 0 Å². The van der Waals surface area contributed by atoms with Crippen molar-refractivity contribution < 1.29 is 12.8 Å². The minimum absolute atomic E-state index is 0.0768. The van der Waals surface area contributed by atoms with E-state index >= 15 is 0 Å². The van der Waals surface area contributed by atoms with Crippen LogP contribution in [0.1, 0.15) is 39.0 Å². The van der Waals surface area contributed by atoms with E-state index in [4.69, 9.17) is 0 Å². The molecule has 112 valence electrons. The van der Waals surface area contributed by atoms with Gasteiger partial charge in [-0.2, -0.15) is 0 Å². The second-order valence-electron chi connectivity index (χ2n) is 5.32. The molecule has 1 fully saturated rings. The molecule has 2 unspecified atom stereocenters. The van der Waals surface area contributed by atoms with Gasteiger partial charge in [0.1, 0.15) is 10.7 Å². The van der Waals surface area contributed by atoms with Gasteiger partial charge < -0.3 is 5.32 Å². The maximum absolute atomic E-state index is 13.9. The summed E-state index contributed by atoms with van der Waals surface area (Å²) >= 11 is 0. The van der Waals surface area contributed by atoms with Crippen LogP contribution in [0.2, 0.25) is 0 Å². The van der Waals surface area contributed by atoms with Crippen molar-refractivity contribution in [3.05, 3.63) is 30.1 Å². The first-order valence-electron chi connectivity index (χ1n) is 7.29. The van der Waals surface area contributed by atoms with Gasteiger partial charge in [0.05, 0.1) is 5.25 Å². The summed E-state index contributed by atoms with van der Waals surface area (Å²) in [5.74, 6) is -0.646. The van der Waals surface area contributed by atoms with Gasteiger partial charge >= 0.3 is 0 Å². The smallest absolute Gasteiger partial charge is 0.185 e.